The van der Waals surface area contributed by atoms with Crippen LogP contribution in [0.3, 0.4) is 0 Å². The first-order valence-corrected chi connectivity index (χ1v) is 9.44. The molecular weight excluding hydrogens is 360 g/mol. The van der Waals surface area contributed by atoms with Crippen molar-refractivity contribution in [1.82, 2.24) is 10.6 Å². The van der Waals surface area contributed by atoms with Gasteiger partial charge in [0.2, 0.25) is 5.91 Å². The minimum absolute atomic E-state index is 0.0536. The Balaban J connectivity index is 2.67. The van der Waals surface area contributed by atoms with Crippen molar-refractivity contribution in [2.75, 3.05) is 0 Å². The molecular formula is C21H32N2O5. The van der Waals surface area contributed by atoms with Crippen molar-refractivity contribution >= 4 is 17.8 Å². The number of rotatable bonds is 8. The van der Waals surface area contributed by atoms with Crippen LogP contribution in [0.5, 0.6) is 0 Å². The van der Waals surface area contributed by atoms with E-state index in [9.17, 15) is 14.4 Å². The molecule has 0 aromatic heterocycles. The maximum atomic E-state index is 12.6. The largest absolute Gasteiger partial charge is 0.444 e. The predicted molar refractivity (Wildman–Crippen MR) is 107 cm³/mol. The van der Waals surface area contributed by atoms with Crippen LogP contribution in [0.15, 0.2) is 24.3 Å². The Morgan fingerprint density at radius 2 is 1.54 bits per heavy atom. The Labute approximate surface area is 166 Å². The number of Topliss-reactive ketones (excluding diaryl/α,β-unsaturated/α-hetero) is 1. The molecule has 0 saturated carbocycles. The van der Waals surface area contributed by atoms with Crippen LogP contribution in [0.25, 0.3) is 0 Å². The summed E-state index contributed by atoms with van der Waals surface area (Å²) in [5, 5.41) is 14.3. The van der Waals surface area contributed by atoms with Gasteiger partial charge >= 0.3 is 6.09 Å². The molecule has 0 saturated heterocycles. The molecule has 1 aromatic carbocycles. The first-order chi connectivity index (χ1) is 12.9. The number of carbonyl (C=O) groups excluding carboxylic acids is 3. The highest BCUT2D eigenvalue weighted by molar-refractivity contribution is 5.92. The molecule has 7 heteroatoms. The lowest BCUT2D eigenvalue weighted by molar-refractivity contribution is -0.129. The summed E-state index contributed by atoms with van der Waals surface area (Å²) in [4.78, 5) is 37.0. The number of hydrogen-bond acceptors (Lipinski definition) is 5. The van der Waals surface area contributed by atoms with Crippen LogP contribution in [0.4, 0.5) is 4.79 Å². The van der Waals surface area contributed by atoms with E-state index >= 15 is 0 Å². The van der Waals surface area contributed by atoms with Gasteiger partial charge in [-0.1, -0.05) is 38.1 Å². The minimum atomic E-state index is -0.811. The van der Waals surface area contributed by atoms with E-state index in [1.165, 1.54) is 0 Å². The quantitative estimate of drug-likeness (QED) is 0.630. The zero-order valence-corrected chi connectivity index (χ0v) is 17.5. The van der Waals surface area contributed by atoms with Gasteiger partial charge in [-0.15, -0.1) is 0 Å². The highest BCUT2D eigenvalue weighted by Gasteiger charge is 2.28. The fourth-order valence-corrected chi connectivity index (χ4v) is 2.47. The van der Waals surface area contributed by atoms with Crippen LogP contribution in [-0.2, 0) is 27.4 Å². The molecule has 1 aromatic rings. The molecule has 2 amide bonds. The lowest BCUT2D eigenvalue weighted by atomic mass is 10.0. The molecule has 0 aliphatic rings. The molecule has 3 N–H and O–H groups in total. The third-order valence-corrected chi connectivity index (χ3v) is 4.05. The lowest BCUT2D eigenvalue weighted by Crippen LogP contribution is -2.53. The van der Waals surface area contributed by atoms with Crippen LogP contribution >= 0.6 is 0 Å². The maximum absolute atomic E-state index is 12.6. The molecule has 0 heterocycles. The summed E-state index contributed by atoms with van der Waals surface area (Å²) in [6, 6.07) is 5.55. The normalized spacial score (nSPS) is 13.6. The summed E-state index contributed by atoms with van der Waals surface area (Å²) in [5.74, 6) is -0.761. The van der Waals surface area contributed by atoms with Crippen LogP contribution in [0.2, 0.25) is 0 Å². The van der Waals surface area contributed by atoms with Crippen molar-refractivity contribution in [3.63, 3.8) is 0 Å². The van der Waals surface area contributed by atoms with E-state index in [1.807, 2.05) is 0 Å². The number of ether oxygens (including phenoxy) is 1. The van der Waals surface area contributed by atoms with Crippen molar-refractivity contribution in [2.24, 2.45) is 5.92 Å². The van der Waals surface area contributed by atoms with Gasteiger partial charge in [0.05, 0.1) is 12.6 Å². The Kier molecular flexibility index (Phi) is 8.63. The molecule has 0 bridgehead atoms. The summed E-state index contributed by atoms with van der Waals surface area (Å²) < 4.78 is 5.20. The number of hydrogen-bond donors (Lipinski definition) is 3. The number of ketones is 1. The second-order valence-corrected chi connectivity index (χ2v) is 8.22. The monoisotopic (exact) mass is 392 g/mol. The fourth-order valence-electron chi connectivity index (χ4n) is 2.47. The number of carbonyl (C=O) groups is 3. The van der Waals surface area contributed by atoms with Gasteiger partial charge in [0.1, 0.15) is 11.6 Å². The highest BCUT2D eigenvalue weighted by Crippen LogP contribution is 2.10. The van der Waals surface area contributed by atoms with Gasteiger partial charge in [-0.25, -0.2) is 4.79 Å². The molecule has 156 valence electrons. The average Bonchev–Trinajstić information content (AvgIpc) is 2.58. The third kappa shape index (κ3) is 8.08. The molecule has 0 fully saturated rings. The first-order valence-electron chi connectivity index (χ1n) is 9.44. The smallest absolute Gasteiger partial charge is 0.408 e. The molecule has 28 heavy (non-hydrogen) atoms. The van der Waals surface area contributed by atoms with E-state index in [2.05, 4.69) is 10.6 Å². The molecule has 0 spiro atoms. The zero-order chi connectivity index (χ0) is 21.5. The van der Waals surface area contributed by atoms with Gasteiger partial charge in [-0.3, -0.25) is 9.59 Å². The van der Waals surface area contributed by atoms with Gasteiger partial charge in [-0.05, 0) is 44.7 Å². The molecule has 2 atom stereocenters. The van der Waals surface area contributed by atoms with Gasteiger partial charge in [0.25, 0.3) is 0 Å². The van der Waals surface area contributed by atoms with Crippen LogP contribution in [-0.4, -0.2) is 40.6 Å². The van der Waals surface area contributed by atoms with Crippen LogP contribution in [0.1, 0.15) is 52.7 Å². The zero-order valence-electron chi connectivity index (χ0n) is 17.5. The number of aliphatic hydroxyl groups is 1. The lowest BCUT2D eigenvalue weighted by Gasteiger charge is -2.26. The summed E-state index contributed by atoms with van der Waals surface area (Å²) in [5.41, 5.74) is 0.901. The number of nitrogens with one attached hydrogen (secondary N) is 2. The van der Waals surface area contributed by atoms with Gasteiger partial charge in [-0.2, -0.15) is 0 Å². The second kappa shape index (κ2) is 10.2. The SMILES string of the molecule is CC(C)[C@H](NC(=O)OC(C)(C)C)C(=O)N[C@@H](C)C(=O)Cc1ccc(CO)cc1. The first kappa shape index (κ1) is 23.6. The second-order valence-electron chi connectivity index (χ2n) is 8.22. The Hall–Kier alpha value is -2.41. The number of amides is 2. The van der Waals surface area contributed by atoms with Gasteiger partial charge in [0.15, 0.2) is 5.78 Å². The van der Waals surface area contributed by atoms with E-state index in [0.717, 1.165) is 11.1 Å². The Bertz CT molecular complexity index is 677. The molecule has 0 radical (unpaired) electrons. The topological polar surface area (TPSA) is 105 Å². The summed E-state index contributed by atoms with van der Waals surface area (Å²) in [6.45, 7) is 10.4. The van der Waals surface area contributed by atoms with E-state index in [4.69, 9.17) is 9.84 Å². The summed E-state index contributed by atoms with van der Waals surface area (Å²) in [6.07, 6.45) is -0.511. The minimum Gasteiger partial charge on any atom is -0.444 e. The van der Waals surface area contributed by atoms with Crippen molar-refractivity contribution in [1.29, 1.82) is 0 Å². The van der Waals surface area contributed by atoms with Crippen molar-refractivity contribution in [2.45, 2.75) is 72.3 Å². The van der Waals surface area contributed by atoms with E-state index in [1.54, 1.807) is 65.8 Å². The number of benzene rings is 1. The predicted octanol–water partition coefficient (Wildman–Crippen LogP) is 2.34. The van der Waals surface area contributed by atoms with E-state index in [-0.39, 0.29) is 24.7 Å². The number of alkyl carbamates (subject to hydrolysis) is 1. The third-order valence-electron chi connectivity index (χ3n) is 4.05. The standard InChI is InChI=1S/C21H32N2O5/c1-13(2)18(23-20(27)28-21(4,5)6)19(26)22-14(3)17(25)11-15-7-9-16(12-24)10-8-15/h7-10,13-14,18,24H,11-12H2,1-6H3,(H,22,26)(H,23,27)/t14-,18-/m0/s1. The highest BCUT2D eigenvalue weighted by atomic mass is 16.6. The van der Waals surface area contributed by atoms with Crippen molar-refractivity contribution in [3.05, 3.63) is 35.4 Å². The van der Waals surface area contributed by atoms with E-state index < -0.39 is 29.7 Å². The number of aliphatic hydroxyl groups excluding tert-OH is 1. The average molecular weight is 392 g/mol. The molecule has 0 aliphatic heterocycles. The molecule has 0 aliphatic carbocycles. The summed E-state index contributed by atoms with van der Waals surface area (Å²) >= 11 is 0. The fraction of sp³-hybridized carbons (Fsp3) is 0.571. The van der Waals surface area contributed by atoms with Crippen molar-refractivity contribution in [3.8, 4) is 0 Å². The summed E-state index contributed by atoms with van der Waals surface area (Å²) in [7, 11) is 0. The Morgan fingerprint density at radius 3 is 2.00 bits per heavy atom. The van der Waals surface area contributed by atoms with Crippen LogP contribution in [0, 0.1) is 5.92 Å². The maximum Gasteiger partial charge on any atom is 0.408 e. The van der Waals surface area contributed by atoms with Gasteiger partial charge < -0.3 is 20.5 Å². The van der Waals surface area contributed by atoms with Gasteiger partial charge in [0, 0.05) is 6.42 Å². The molecule has 7 nitrogen and oxygen atoms in total. The molecule has 0 unspecified atom stereocenters. The van der Waals surface area contributed by atoms with Crippen molar-refractivity contribution < 1.29 is 24.2 Å². The molecule has 1 rings (SSSR count). The van der Waals surface area contributed by atoms with E-state index in [0.29, 0.717) is 0 Å². The Morgan fingerprint density at radius 1 is 1.00 bits per heavy atom. The van der Waals surface area contributed by atoms with Crippen LogP contribution < -0.4 is 10.6 Å².